The zero-order valence-electron chi connectivity index (χ0n) is 14.8. The molecule has 0 saturated carbocycles. The predicted octanol–water partition coefficient (Wildman–Crippen LogP) is 6.17. The van der Waals surface area contributed by atoms with E-state index in [-0.39, 0.29) is 0 Å². The van der Waals surface area contributed by atoms with Gasteiger partial charge < -0.3 is 8.85 Å². The molecule has 132 valence electrons. The van der Waals surface area contributed by atoms with Crippen molar-refractivity contribution < 1.29 is 8.85 Å². The summed E-state index contributed by atoms with van der Waals surface area (Å²) in [6, 6.07) is 6.64. The Labute approximate surface area is 157 Å². The van der Waals surface area contributed by atoms with Gasteiger partial charge in [0, 0.05) is 13.0 Å². The van der Waals surface area contributed by atoms with Crippen LogP contribution in [0.5, 0.6) is 0 Å². The molecule has 8 heteroatoms. The molecule has 0 radical (unpaired) electrons. The van der Waals surface area contributed by atoms with E-state index >= 15 is 0 Å². The summed E-state index contributed by atoms with van der Waals surface area (Å²) >= 11 is 19.7. The van der Waals surface area contributed by atoms with Gasteiger partial charge in [-0.2, -0.15) is 0 Å². The van der Waals surface area contributed by atoms with Gasteiger partial charge in [0.1, 0.15) is 5.22 Å². The number of halogens is 3. The van der Waals surface area contributed by atoms with Gasteiger partial charge in [0.2, 0.25) is 0 Å². The van der Waals surface area contributed by atoms with Crippen LogP contribution in [0.1, 0.15) is 12.0 Å². The second kappa shape index (κ2) is 7.91. The highest BCUT2D eigenvalue weighted by molar-refractivity contribution is 7.65. The molecule has 0 aliphatic carbocycles. The van der Waals surface area contributed by atoms with Crippen molar-refractivity contribution in [3.05, 3.63) is 35.9 Å². The maximum atomic E-state index is 6.57. The SMILES string of the molecule is C[Si](C)(C)OCCC(O[Si](C)(C)C)(c1ccccc1)[Si](Cl)(Cl)Cl. The third kappa shape index (κ3) is 6.82. The van der Waals surface area contributed by atoms with Crippen LogP contribution < -0.4 is 0 Å². The predicted molar refractivity (Wildman–Crippen MR) is 110 cm³/mol. The first kappa shape index (κ1) is 21.7. The van der Waals surface area contributed by atoms with Crippen molar-refractivity contribution >= 4 is 55.9 Å². The molecule has 1 unspecified atom stereocenters. The first-order valence-electron chi connectivity index (χ1n) is 7.73. The summed E-state index contributed by atoms with van der Waals surface area (Å²) in [7, 11) is -3.58. The smallest absolute Gasteiger partial charge is 0.375 e. The molecule has 0 aliphatic rings. The average Bonchev–Trinajstić information content (AvgIpc) is 2.34. The number of benzene rings is 1. The molecular formula is C15H27Cl3O2Si3. The lowest BCUT2D eigenvalue weighted by atomic mass is 10.1. The highest BCUT2D eigenvalue weighted by Crippen LogP contribution is 2.47. The van der Waals surface area contributed by atoms with Crippen molar-refractivity contribution in [3.63, 3.8) is 0 Å². The van der Waals surface area contributed by atoms with Gasteiger partial charge in [-0.1, -0.05) is 30.3 Å². The Morgan fingerprint density at radius 2 is 1.39 bits per heavy atom. The Hall–Kier alpha value is 0.661. The summed E-state index contributed by atoms with van der Waals surface area (Å²) in [6.07, 6.45) is 0.564. The quantitative estimate of drug-likeness (QED) is 0.363. The molecule has 0 bridgehead atoms. The van der Waals surface area contributed by atoms with Crippen molar-refractivity contribution in [3.8, 4) is 0 Å². The minimum absolute atomic E-state index is 0.538. The van der Waals surface area contributed by atoms with Gasteiger partial charge >= 0.3 is 6.00 Å². The molecule has 0 aromatic heterocycles. The van der Waals surface area contributed by atoms with Gasteiger partial charge in [-0.15, -0.1) is 33.2 Å². The number of hydrogen-bond acceptors (Lipinski definition) is 2. The first-order chi connectivity index (χ1) is 10.3. The highest BCUT2D eigenvalue weighted by Gasteiger charge is 2.55. The van der Waals surface area contributed by atoms with Crippen LogP contribution in [0.3, 0.4) is 0 Å². The molecule has 1 rings (SSSR count). The molecule has 0 saturated heterocycles. The number of rotatable bonds is 8. The van der Waals surface area contributed by atoms with Crippen molar-refractivity contribution in [1.29, 1.82) is 0 Å². The summed E-state index contributed by atoms with van der Waals surface area (Å²) in [5.41, 5.74) is 0.938. The lowest BCUT2D eigenvalue weighted by Gasteiger charge is -2.43. The van der Waals surface area contributed by atoms with Crippen LogP contribution in [-0.4, -0.2) is 29.2 Å². The third-order valence-electron chi connectivity index (χ3n) is 3.17. The van der Waals surface area contributed by atoms with E-state index in [2.05, 4.69) is 39.3 Å². The fourth-order valence-electron chi connectivity index (χ4n) is 2.35. The van der Waals surface area contributed by atoms with Crippen LogP contribution in [-0.2, 0) is 14.1 Å². The molecule has 0 amide bonds. The first-order valence-corrected chi connectivity index (χ1v) is 19.6. The van der Waals surface area contributed by atoms with Crippen molar-refractivity contribution in [2.24, 2.45) is 0 Å². The summed E-state index contributed by atoms with van der Waals surface area (Å²) < 4.78 is 12.6. The van der Waals surface area contributed by atoms with Crippen molar-refractivity contribution in [2.75, 3.05) is 6.61 Å². The fourth-order valence-corrected chi connectivity index (χ4v) is 9.46. The van der Waals surface area contributed by atoms with E-state index < -0.39 is 27.9 Å². The molecule has 0 heterocycles. The Morgan fingerprint density at radius 3 is 1.78 bits per heavy atom. The zero-order valence-corrected chi connectivity index (χ0v) is 20.0. The normalized spacial score (nSPS) is 16.2. The average molecular weight is 430 g/mol. The van der Waals surface area contributed by atoms with E-state index in [1.165, 1.54) is 0 Å². The van der Waals surface area contributed by atoms with Crippen LogP contribution in [0.15, 0.2) is 30.3 Å². The summed E-state index contributed by atoms with van der Waals surface area (Å²) in [5.74, 6) is 0. The van der Waals surface area contributed by atoms with Crippen LogP contribution >= 0.6 is 33.2 Å². The minimum Gasteiger partial charge on any atom is -0.418 e. The molecule has 1 atom stereocenters. The van der Waals surface area contributed by atoms with E-state index in [4.69, 9.17) is 42.1 Å². The summed E-state index contributed by atoms with van der Waals surface area (Å²) in [6.45, 7) is 13.4. The van der Waals surface area contributed by atoms with Gasteiger partial charge in [-0.05, 0) is 44.8 Å². The number of hydrogen-bond donors (Lipinski definition) is 0. The van der Waals surface area contributed by atoms with E-state index in [9.17, 15) is 0 Å². The molecule has 23 heavy (non-hydrogen) atoms. The van der Waals surface area contributed by atoms with Crippen molar-refractivity contribution in [1.82, 2.24) is 0 Å². The van der Waals surface area contributed by atoms with Crippen LogP contribution in [0.2, 0.25) is 39.3 Å². The molecule has 0 fully saturated rings. The fraction of sp³-hybridized carbons (Fsp3) is 0.600. The highest BCUT2D eigenvalue weighted by atomic mass is 35.8. The standard InChI is InChI=1S/C15H27Cl3O2Si3/c1-21(2,3)19-13-12-15(23(16,17)18,20-22(4,5)6)14-10-8-7-9-11-14/h7-11H,12-13H2,1-6H3. The maximum Gasteiger partial charge on any atom is 0.375 e. The van der Waals surface area contributed by atoms with E-state index in [1.54, 1.807) is 0 Å². The molecule has 1 aromatic rings. The summed E-state index contributed by atoms with van der Waals surface area (Å²) in [5, 5.41) is -0.872. The van der Waals surface area contributed by atoms with E-state index in [0.717, 1.165) is 5.56 Å². The van der Waals surface area contributed by atoms with E-state index in [0.29, 0.717) is 13.0 Å². The van der Waals surface area contributed by atoms with Crippen LogP contribution in [0.4, 0.5) is 0 Å². The monoisotopic (exact) mass is 428 g/mol. The second-order valence-corrected chi connectivity index (χ2v) is 25.2. The Morgan fingerprint density at radius 1 is 0.870 bits per heavy atom. The van der Waals surface area contributed by atoms with Gasteiger partial charge in [-0.3, -0.25) is 0 Å². The van der Waals surface area contributed by atoms with Crippen LogP contribution in [0, 0.1) is 0 Å². The molecule has 2 nitrogen and oxygen atoms in total. The lowest BCUT2D eigenvalue weighted by Crippen LogP contribution is -2.53. The van der Waals surface area contributed by atoms with E-state index in [1.807, 2.05) is 30.3 Å². The molecule has 0 spiro atoms. The van der Waals surface area contributed by atoms with Gasteiger partial charge in [-0.25, -0.2) is 0 Å². The largest absolute Gasteiger partial charge is 0.418 e. The Kier molecular flexibility index (Phi) is 7.46. The van der Waals surface area contributed by atoms with Gasteiger partial charge in [0.25, 0.3) is 0 Å². The molecule has 0 N–H and O–H groups in total. The molecular weight excluding hydrogens is 403 g/mol. The zero-order chi connectivity index (χ0) is 17.9. The summed E-state index contributed by atoms with van der Waals surface area (Å²) in [4.78, 5) is 0. The topological polar surface area (TPSA) is 18.5 Å². The van der Waals surface area contributed by atoms with Gasteiger partial charge in [0.05, 0.1) is 0 Å². The molecule has 0 aliphatic heterocycles. The van der Waals surface area contributed by atoms with Crippen molar-refractivity contribution in [2.45, 2.75) is 50.9 Å². The Bertz CT molecular complexity index is 495. The lowest BCUT2D eigenvalue weighted by molar-refractivity contribution is 0.109. The Balaban J connectivity index is 3.25. The van der Waals surface area contributed by atoms with Gasteiger partial charge in [0.15, 0.2) is 16.6 Å². The second-order valence-electron chi connectivity index (χ2n) is 7.62. The third-order valence-corrected chi connectivity index (χ3v) is 9.71. The molecule has 1 aromatic carbocycles. The maximum absolute atomic E-state index is 6.57. The van der Waals surface area contributed by atoms with Crippen LogP contribution in [0.25, 0.3) is 0 Å². The minimum atomic E-state index is -3.22.